The van der Waals surface area contributed by atoms with E-state index in [4.69, 9.17) is 9.47 Å². The van der Waals surface area contributed by atoms with E-state index in [1.807, 2.05) is 0 Å². The number of methoxy groups -OCH3 is 1. The Morgan fingerprint density at radius 3 is 2.50 bits per heavy atom. The number of sulfone groups is 1. The molecule has 1 aromatic heterocycles. The molecule has 0 unspecified atom stereocenters. The topological polar surface area (TPSA) is 99.6 Å². The highest BCUT2D eigenvalue weighted by molar-refractivity contribution is 7.90. The largest absolute Gasteiger partial charge is 0.465 e. The van der Waals surface area contributed by atoms with Crippen molar-refractivity contribution in [1.82, 2.24) is 4.98 Å². The maximum Gasteiger partial charge on any atom is 0.337 e. The second-order valence-electron chi connectivity index (χ2n) is 9.12. The zero-order valence-corrected chi connectivity index (χ0v) is 21.9. The molecule has 0 bridgehead atoms. The van der Waals surface area contributed by atoms with E-state index in [1.54, 1.807) is 54.7 Å². The van der Waals surface area contributed by atoms with Crippen LogP contribution in [0.4, 0.5) is 0 Å². The Balaban J connectivity index is 1.48. The molecule has 0 aliphatic heterocycles. The van der Waals surface area contributed by atoms with E-state index in [0.717, 1.165) is 24.8 Å². The van der Waals surface area contributed by atoms with Crippen molar-refractivity contribution >= 4 is 32.9 Å². The second kappa shape index (κ2) is 11.3. The number of rotatable bonds is 10. The Morgan fingerprint density at radius 2 is 1.83 bits per heavy atom. The fourth-order valence-corrected chi connectivity index (χ4v) is 6.02. The van der Waals surface area contributed by atoms with Gasteiger partial charge in [0, 0.05) is 12.2 Å². The average Bonchev–Trinajstić information content (AvgIpc) is 3.54. The Kier molecular flexibility index (Phi) is 8.21. The summed E-state index contributed by atoms with van der Waals surface area (Å²) in [6.07, 6.45) is 8.28. The van der Waals surface area contributed by atoms with E-state index >= 15 is 0 Å². The maximum atomic E-state index is 13.5. The maximum absolute atomic E-state index is 13.5. The van der Waals surface area contributed by atoms with Gasteiger partial charge in [-0.05, 0) is 48.2 Å². The van der Waals surface area contributed by atoms with Gasteiger partial charge in [-0.3, -0.25) is 4.79 Å². The number of thiazole rings is 1. The van der Waals surface area contributed by atoms with Crippen LogP contribution >= 0.6 is 11.3 Å². The minimum Gasteiger partial charge on any atom is -0.465 e. The molecule has 1 aliphatic rings. The first-order chi connectivity index (χ1) is 17.2. The number of benzene rings is 2. The molecular weight excluding hydrogens is 498 g/mol. The molecule has 36 heavy (non-hydrogen) atoms. The summed E-state index contributed by atoms with van der Waals surface area (Å²) < 4.78 is 34.3. The summed E-state index contributed by atoms with van der Waals surface area (Å²) in [6, 6.07) is 13.4. The number of carbonyl (C=O) groups excluding carboxylic acids is 2. The third kappa shape index (κ3) is 6.59. The van der Waals surface area contributed by atoms with Crippen LogP contribution in [0, 0.1) is 5.92 Å². The van der Waals surface area contributed by atoms with Gasteiger partial charge in [-0.1, -0.05) is 55.2 Å². The summed E-state index contributed by atoms with van der Waals surface area (Å²) in [5.41, 5.74) is 1.22. The zero-order chi connectivity index (χ0) is 25.7. The first-order valence-electron chi connectivity index (χ1n) is 11.9. The van der Waals surface area contributed by atoms with Crippen molar-refractivity contribution in [3.8, 4) is 10.8 Å². The molecule has 1 atom stereocenters. The van der Waals surface area contributed by atoms with Crippen molar-refractivity contribution in [2.24, 2.45) is 5.92 Å². The number of esters is 1. The van der Waals surface area contributed by atoms with E-state index in [0.29, 0.717) is 27.3 Å². The monoisotopic (exact) mass is 527 g/mol. The van der Waals surface area contributed by atoms with Gasteiger partial charge in [0.05, 0.1) is 30.2 Å². The van der Waals surface area contributed by atoms with E-state index < -0.39 is 15.8 Å². The van der Waals surface area contributed by atoms with Crippen LogP contribution in [0.2, 0.25) is 0 Å². The Hall–Kier alpha value is -3.04. The fourth-order valence-electron chi connectivity index (χ4n) is 4.60. The van der Waals surface area contributed by atoms with Crippen molar-refractivity contribution < 1.29 is 27.5 Å². The Bertz CT molecular complexity index is 1320. The van der Waals surface area contributed by atoms with Crippen molar-refractivity contribution in [2.45, 2.75) is 49.3 Å². The first-order valence-corrected chi connectivity index (χ1v) is 14.6. The van der Waals surface area contributed by atoms with Crippen LogP contribution < -0.4 is 4.74 Å². The van der Waals surface area contributed by atoms with Crippen molar-refractivity contribution in [3.05, 3.63) is 70.9 Å². The summed E-state index contributed by atoms with van der Waals surface area (Å²) in [7, 11) is -1.98. The molecule has 0 spiro atoms. The molecule has 9 heteroatoms. The SMILES string of the molecule is COC(=O)c1cccc(Oc2cnc(CC(=O)[C@H](CC3CCCC3)c3ccc(S(C)(=O)=O)cc3)s2)c1. The number of ether oxygens (including phenoxy) is 2. The standard InChI is InChI=1S/C27H29NO6S2/c1-33-27(30)20-8-5-9-21(15-20)34-26-17-28-25(35-26)16-24(29)23(14-18-6-3-4-7-18)19-10-12-22(13-11-19)36(2,31)32/h5,8-13,15,17-18,23H,3-4,6-7,14,16H2,1-2H3/t23-/m1/s1. The van der Waals surface area contributed by atoms with Gasteiger partial charge in [0.15, 0.2) is 9.84 Å². The lowest BCUT2D eigenvalue weighted by Gasteiger charge is -2.20. The van der Waals surface area contributed by atoms with Crippen molar-refractivity contribution in [3.63, 3.8) is 0 Å². The number of aromatic nitrogens is 1. The van der Waals surface area contributed by atoms with Crippen molar-refractivity contribution in [2.75, 3.05) is 13.4 Å². The molecule has 2 aromatic carbocycles. The van der Waals surface area contributed by atoms with Gasteiger partial charge in [-0.25, -0.2) is 18.2 Å². The van der Waals surface area contributed by atoms with Crippen LogP contribution in [-0.4, -0.2) is 38.5 Å². The lowest BCUT2D eigenvalue weighted by molar-refractivity contribution is -0.120. The van der Waals surface area contributed by atoms with Crippen LogP contribution in [0.3, 0.4) is 0 Å². The average molecular weight is 528 g/mol. The Morgan fingerprint density at radius 1 is 1.11 bits per heavy atom. The van der Waals surface area contributed by atoms with Crippen LogP contribution in [0.5, 0.6) is 10.8 Å². The van der Waals surface area contributed by atoms with Gasteiger partial charge in [-0.2, -0.15) is 0 Å². The van der Waals surface area contributed by atoms with Gasteiger partial charge >= 0.3 is 5.97 Å². The Labute approximate surface area is 215 Å². The van der Waals surface area contributed by atoms with Gasteiger partial charge < -0.3 is 9.47 Å². The highest BCUT2D eigenvalue weighted by atomic mass is 32.2. The normalized spacial score (nSPS) is 14.9. The van der Waals surface area contributed by atoms with Crippen LogP contribution in [0.25, 0.3) is 0 Å². The van der Waals surface area contributed by atoms with Crippen LogP contribution in [0.1, 0.15) is 59.0 Å². The van der Waals surface area contributed by atoms with E-state index in [1.165, 1.54) is 37.5 Å². The highest BCUT2D eigenvalue weighted by Crippen LogP contribution is 2.36. The second-order valence-corrected chi connectivity index (χ2v) is 12.2. The molecule has 1 heterocycles. The lowest BCUT2D eigenvalue weighted by Crippen LogP contribution is -2.18. The van der Waals surface area contributed by atoms with Gasteiger partial charge in [-0.15, -0.1) is 0 Å². The quantitative estimate of drug-likeness (QED) is 0.316. The molecule has 0 amide bonds. The molecular formula is C27H29NO6S2. The minimum absolute atomic E-state index is 0.0580. The summed E-state index contributed by atoms with van der Waals surface area (Å²) in [5.74, 6) is 0.263. The summed E-state index contributed by atoms with van der Waals surface area (Å²) >= 11 is 1.29. The molecule has 0 N–H and O–H groups in total. The highest BCUT2D eigenvalue weighted by Gasteiger charge is 2.27. The summed E-state index contributed by atoms with van der Waals surface area (Å²) in [5, 5.41) is 1.16. The van der Waals surface area contributed by atoms with E-state index in [2.05, 4.69) is 4.98 Å². The molecule has 1 fully saturated rings. The number of carbonyl (C=O) groups is 2. The number of ketones is 1. The zero-order valence-electron chi connectivity index (χ0n) is 20.3. The molecule has 1 saturated carbocycles. The van der Waals surface area contributed by atoms with Crippen LogP contribution in [0.15, 0.2) is 59.6 Å². The molecule has 0 radical (unpaired) electrons. The minimum atomic E-state index is -3.30. The molecule has 190 valence electrons. The first kappa shape index (κ1) is 26.0. The van der Waals surface area contributed by atoms with Crippen molar-refractivity contribution in [1.29, 1.82) is 0 Å². The molecule has 3 aromatic rings. The van der Waals surface area contributed by atoms with Gasteiger partial charge in [0.1, 0.15) is 16.5 Å². The number of hydrogen-bond donors (Lipinski definition) is 0. The summed E-state index contributed by atoms with van der Waals surface area (Å²) in [6.45, 7) is 0. The van der Waals surface area contributed by atoms with Crippen LogP contribution in [-0.2, 0) is 25.8 Å². The van der Waals surface area contributed by atoms with E-state index in [-0.39, 0.29) is 23.0 Å². The smallest absolute Gasteiger partial charge is 0.337 e. The molecule has 0 saturated heterocycles. The van der Waals surface area contributed by atoms with E-state index in [9.17, 15) is 18.0 Å². The number of Topliss-reactive ketones (excluding diaryl/α,β-unsaturated/α-hetero) is 1. The summed E-state index contributed by atoms with van der Waals surface area (Å²) in [4.78, 5) is 29.8. The molecule has 7 nitrogen and oxygen atoms in total. The van der Waals surface area contributed by atoms with Gasteiger partial charge in [0.25, 0.3) is 0 Å². The molecule has 4 rings (SSSR count). The fraction of sp³-hybridized carbons (Fsp3) is 0.370. The predicted molar refractivity (Wildman–Crippen MR) is 138 cm³/mol. The lowest BCUT2D eigenvalue weighted by atomic mass is 9.84. The predicted octanol–water partition coefficient (Wildman–Crippen LogP) is 5.60. The van der Waals surface area contributed by atoms with Gasteiger partial charge in [0.2, 0.25) is 5.06 Å². The third-order valence-electron chi connectivity index (χ3n) is 6.47. The number of nitrogens with zero attached hydrogens (tertiary/aromatic N) is 1. The third-order valence-corrected chi connectivity index (χ3v) is 8.48. The molecule has 1 aliphatic carbocycles. The number of hydrogen-bond acceptors (Lipinski definition) is 8.